The maximum Gasteiger partial charge on any atom is 0.243 e. The van der Waals surface area contributed by atoms with Crippen LogP contribution in [0.5, 0.6) is 5.75 Å². The fourth-order valence-electron chi connectivity index (χ4n) is 5.24. The van der Waals surface area contributed by atoms with E-state index in [1.54, 1.807) is 18.1 Å². The molecule has 1 aliphatic carbocycles. The van der Waals surface area contributed by atoms with Gasteiger partial charge in [-0.1, -0.05) is 44.0 Å². The molecule has 1 saturated carbocycles. The number of ether oxygens (including phenoxy) is 1. The quantitative estimate of drug-likeness (QED) is 0.384. The number of hydrogen-bond donors (Lipinski definition) is 1. The van der Waals surface area contributed by atoms with Crippen LogP contribution in [-0.4, -0.2) is 57.1 Å². The number of carbonyl (C=O) groups excluding carboxylic acids is 2. The minimum Gasteiger partial charge on any atom is -0.497 e. The number of nitrogens with one attached hydrogen (secondary N) is 1. The number of rotatable bonds is 13. The van der Waals surface area contributed by atoms with Crippen LogP contribution in [-0.2, 0) is 26.2 Å². The van der Waals surface area contributed by atoms with Gasteiger partial charge in [0.15, 0.2) is 0 Å². The van der Waals surface area contributed by atoms with Gasteiger partial charge in [-0.25, -0.2) is 8.42 Å². The molecule has 0 aliphatic heterocycles. The average Bonchev–Trinajstić information content (AvgIpc) is 3.40. The third-order valence-electron chi connectivity index (χ3n) is 7.57. The molecule has 2 aromatic carbocycles. The third kappa shape index (κ3) is 8.21. The van der Waals surface area contributed by atoms with Crippen LogP contribution in [0, 0.1) is 13.8 Å². The van der Waals surface area contributed by atoms with Crippen molar-refractivity contribution < 1.29 is 22.7 Å². The van der Waals surface area contributed by atoms with E-state index in [9.17, 15) is 18.0 Å². The topological polar surface area (TPSA) is 96.0 Å². The maximum atomic E-state index is 13.7. The summed E-state index contributed by atoms with van der Waals surface area (Å²) in [4.78, 5) is 28.7. The summed E-state index contributed by atoms with van der Waals surface area (Å²) in [7, 11) is -1.96. The number of aryl methyl sites for hydroxylation is 1. The lowest BCUT2D eigenvalue weighted by molar-refractivity contribution is -0.141. The highest BCUT2D eigenvalue weighted by molar-refractivity contribution is 7.92. The van der Waals surface area contributed by atoms with Crippen LogP contribution < -0.4 is 14.4 Å². The number of carbonyl (C=O) groups is 2. The number of nitrogens with zero attached hydrogens (tertiary/aromatic N) is 2. The molecule has 9 heteroatoms. The van der Waals surface area contributed by atoms with Crippen molar-refractivity contribution >= 4 is 27.5 Å². The van der Waals surface area contributed by atoms with E-state index in [1.807, 2.05) is 57.2 Å². The van der Waals surface area contributed by atoms with E-state index in [0.717, 1.165) is 42.4 Å². The predicted molar refractivity (Wildman–Crippen MR) is 155 cm³/mol. The fraction of sp³-hybridized carbons (Fsp3) is 0.533. The summed E-state index contributed by atoms with van der Waals surface area (Å²) < 4.78 is 32.1. The molecule has 1 aliphatic rings. The standard InChI is InChI=1S/C30H43N3O5S/c1-6-27(30(35)31-25-14-7-8-15-25)32(21-24-13-10-16-26(20-24)38-4)29(34)18-11-19-33(39(5,36)37)28-17-9-12-22(2)23(28)3/h9-10,12-13,16-17,20,25,27H,6-8,11,14-15,18-19,21H2,1-5H3,(H,31,35)/t27-/m0/s1. The van der Waals surface area contributed by atoms with E-state index in [1.165, 1.54) is 10.6 Å². The van der Waals surface area contributed by atoms with Gasteiger partial charge in [0.2, 0.25) is 21.8 Å². The van der Waals surface area contributed by atoms with Crippen LogP contribution >= 0.6 is 0 Å². The van der Waals surface area contributed by atoms with Gasteiger partial charge >= 0.3 is 0 Å². The van der Waals surface area contributed by atoms with Gasteiger partial charge in [0.25, 0.3) is 0 Å². The van der Waals surface area contributed by atoms with Crippen LogP contribution in [0.1, 0.15) is 68.6 Å². The first-order chi connectivity index (χ1) is 18.5. The van der Waals surface area contributed by atoms with Gasteiger partial charge in [0, 0.05) is 25.6 Å². The molecule has 2 aromatic rings. The van der Waals surface area contributed by atoms with Crippen LogP contribution in [0.25, 0.3) is 0 Å². The molecule has 0 aromatic heterocycles. The average molecular weight is 558 g/mol. The van der Waals surface area contributed by atoms with Crippen molar-refractivity contribution in [3.05, 3.63) is 59.2 Å². The van der Waals surface area contributed by atoms with Crippen molar-refractivity contribution in [2.24, 2.45) is 0 Å². The number of benzene rings is 2. The van der Waals surface area contributed by atoms with Gasteiger partial charge in [0.05, 0.1) is 19.1 Å². The maximum absolute atomic E-state index is 13.7. The van der Waals surface area contributed by atoms with Crippen molar-refractivity contribution in [1.82, 2.24) is 10.2 Å². The molecule has 1 fully saturated rings. The lowest BCUT2D eigenvalue weighted by Crippen LogP contribution is -2.51. The SMILES string of the molecule is CC[C@@H](C(=O)NC1CCCC1)N(Cc1cccc(OC)c1)C(=O)CCCN(c1cccc(C)c1C)S(C)(=O)=O. The number of hydrogen-bond acceptors (Lipinski definition) is 5. The Balaban J connectivity index is 1.79. The summed E-state index contributed by atoms with van der Waals surface area (Å²) in [6, 6.07) is 12.6. The number of amides is 2. The first-order valence-electron chi connectivity index (χ1n) is 13.8. The van der Waals surface area contributed by atoms with Crippen LogP contribution in [0.4, 0.5) is 5.69 Å². The molecule has 0 radical (unpaired) electrons. The van der Waals surface area contributed by atoms with Crippen molar-refractivity contribution in [3.63, 3.8) is 0 Å². The molecule has 0 saturated heterocycles. The lowest BCUT2D eigenvalue weighted by Gasteiger charge is -2.32. The Kier molecular flexibility index (Phi) is 10.8. The summed E-state index contributed by atoms with van der Waals surface area (Å²) in [5, 5.41) is 3.16. The zero-order valence-electron chi connectivity index (χ0n) is 23.9. The lowest BCUT2D eigenvalue weighted by atomic mass is 10.1. The molecule has 0 unspecified atom stereocenters. The number of methoxy groups -OCH3 is 1. The van der Waals surface area contributed by atoms with Gasteiger partial charge in [-0.3, -0.25) is 13.9 Å². The Morgan fingerprint density at radius 2 is 1.79 bits per heavy atom. The Bertz CT molecular complexity index is 1240. The molecular formula is C30H43N3O5S. The summed E-state index contributed by atoms with van der Waals surface area (Å²) in [5.41, 5.74) is 3.38. The van der Waals surface area contributed by atoms with Crippen molar-refractivity contribution in [2.75, 3.05) is 24.2 Å². The first-order valence-corrected chi connectivity index (χ1v) is 15.7. The van der Waals surface area contributed by atoms with E-state index in [2.05, 4.69) is 5.32 Å². The van der Waals surface area contributed by atoms with Gasteiger partial charge in [-0.05, 0) is 74.4 Å². The van der Waals surface area contributed by atoms with Crippen molar-refractivity contribution in [3.8, 4) is 5.75 Å². The van der Waals surface area contributed by atoms with E-state index in [4.69, 9.17) is 4.74 Å². The molecule has 0 heterocycles. The number of sulfonamides is 1. The molecule has 0 bridgehead atoms. The molecule has 2 amide bonds. The van der Waals surface area contributed by atoms with Gasteiger partial charge in [-0.15, -0.1) is 0 Å². The van der Waals surface area contributed by atoms with Gasteiger partial charge in [0.1, 0.15) is 11.8 Å². The largest absolute Gasteiger partial charge is 0.497 e. The van der Waals surface area contributed by atoms with Crippen molar-refractivity contribution in [2.45, 2.75) is 84.3 Å². The monoisotopic (exact) mass is 557 g/mol. The third-order valence-corrected chi connectivity index (χ3v) is 8.75. The molecule has 39 heavy (non-hydrogen) atoms. The minimum atomic E-state index is -3.55. The predicted octanol–water partition coefficient (Wildman–Crippen LogP) is 4.72. The Morgan fingerprint density at radius 3 is 2.44 bits per heavy atom. The smallest absolute Gasteiger partial charge is 0.243 e. The molecule has 1 N–H and O–H groups in total. The summed E-state index contributed by atoms with van der Waals surface area (Å²) >= 11 is 0. The van der Waals surface area contributed by atoms with Crippen LogP contribution in [0.15, 0.2) is 42.5 Å². The van der Waals surface area contributed by atoms with E-state index >= 15 is 0 Å². The van der Waals surface area contributed by atoms with Gasteiger partial charge < -0.3 is 15.0 Å². The summed E-state index contributed by atoms with van der Waals surface area (Å²) in [6.07, 6.45) is 6.25. The van der Waals surface area contributed by atoms with E-state index in [-0.39, 0.29) is 37.4 Å². The van der Waals surface area contributed by atoms with Gasteiger partial charge in [-0.2, -0.15) is 0 Å². The van der Waals surface area contributed by atoms with E-state index in [0.29, 0.717) is 24.3 Å². The molecule has 1 atom stereocenters. The van der Waals surface area contributed by atoms with Crippen molar-refractivity contribution in [1.29, 1.82) is 0 Å². The highest BCUT2D eigenvalue weighted by Gasteiger charge is 2.31. The minimum absolute atomic E-state index is 0.119. The summed E-state index contributed by atoms with van der Waals surface area (Å²) in [5.74, 6) is 0.370. The van der Waals surface area contributed by atoms with Crippen LogP contribution in [0.2, 0.25) is 0 Å². The summed E-state index contributed by atoms with van der Waals surface area (Å²) in [6.45, 7) is 6.20. The Hall–Kier alpha value is -3.07. The zero-order valence-corrected chi connectivity index (χ0v) is 24.7. The molecular weight excluding hydrogens is 514 g/mol. The fourth-order valence-corrected chi connectivity index (χ4v) is 6.26. The second-order valence-electron chi connectivity index (χ2n) is 10.4. The highest BCUT2D eigenvalue weighted by atomic mass is 32.2. The normalized spacial score (nSPS) is 14.6. The first kappa shape index (κ1) is 30.5. The Morgan fingerprint density at radius 1 is 1.10 bits per heavy atom. The second-order valence-corrected chi connectivity index (χ2v) is 12.4. The highest BCUT2D eigenvalue weighted by Crippen LogP contribution is 2.26. The Labute approximate surface area is 233 Å². The van der Waals surface area contributed by atoms with E-state index < -0.39 is 16.1 Å². The molecule has 3 rings (SSSR count). The zero-order chi connectivity index (χ0) is 28.6. The number of anilines is 1. The molecule has 0 spiro atoms. The molecule has 8 nitrogen and oxygen atoms in total. The van der Waals surface area contributed by atoms with Crippen LogP contribution in [0.3, 0.4) is 0 Å². The second kappa shape index (κ2) is 13.8. The molecule has 214 valence electrons.